The van der Waals surface area contributed by atoms with Gasteiger partial charge in [0.05, 0.1) is 35.6 Å². The van der Waals surface area contributed by atoms with Crippen molar-refractivity contribution < 1.29 is 67.8 Å². The lowest BCUT2D eigenvalue weighted by Gasteiger charge is -2.67. The van der Waals surface area contributed by atoms with Crippen molar-refractivity contribution in [3.05, 3.63) is 82.9 Å². The Kier molecular flexibility index (Phi) is 12.5. The number of Topliss-reactive ketones (excluding diaryl/α,β-unsaturated/α-hetero) is 1. The van der Waals surface area contributed by atoms with Crippen LogP contribution in [0.15, 0.2) is 71.8 Å². The number of hydrogen-bond acceptors (Lipinski definition) is 14. The highest BCUT2D eigenvalue weighted by Crippen LogP contribution is 2.64. The minimum Gasteiger partial charge on any atom is -0.456 e. The van der Waals surface area contributed by atoms with E-state index in [1.165, 1.54) is 26.0 Å². The summed E-state index contributed by atoms with van der Waals surface area (Å²) < 4.78 is 30.2. The molecule has 1 saturated heterocycles. The molecule has 1 amide bonds. The molecular weight excluding hydrogens is 778 g/mol. The molecule has 324 valence electrons. The van der Waals surface area contributed by atoms with Gasteiger partial charge in [0.1, 0.15) is 23.9 Å². The fourth-order valence-electron chi connectivity index (χ4n) is 9.95. The number of carbonyl (C=O) groups excluding carboxylic acids is 6. The highest BCUT2D eigenvalue weighted by Gasteiger charge is 2.78. The Bertz CT molecular complexity index is 2030. The molecule has 2 aromatic rings. The first kappa shape index (κ1) is 44.6. The number of aliphatic hydroxyl groups is 3. The van der Waals surface area contributed by atoms with E-state index in [0.29, 0.717) is 12.0 Å². The molecule has 4 N–H and O–H groups in total. The summed E-state index contributed by atoms with van der Waals surface area (Å²) in [6.07, 6.45) is -8.90. The summed E-state index contributed by atoms with van der Waals surface area (Å²) in [5.74, 6) is -6.57. The van der Waals surface area contributed by atoms with Gasteiger partial charge in [-0.3, -0.25) is 19.2 Å². The third-order valence-electron chi connectivity index (χ3n) is 13.2. The summed E-state index contributed by atoms with van der Waals surface area (Å²) >= 11 is 0. The number of fused-ring (bicyclic) bond motifs is 5. The molecule has 15 nitrogen and oxygen atoms in total. The normalized spacial score (nSPS) is 32.6. The van der Waals surface area contributed by atoms with Gasteiger partial charge >= 0.3 is 23.9 Å². The van der Waals surface area contributed by atoms with Crippen LogP contribution in [-0.4, -0.2) is 105 Å². The van der Waals surface area contributed by atoms with Crippen LogP contribution in [0.2, 0.25) is 0 Å². The molecule has 3 fully saturated rings. The molecule has 3 aliphatic carbocycles. The van der Waals surface area contributed by atoms with Gasteiger partial charge in [-0.1, -0.05) is 75.7 Å². The van der Waals surface area contributed by atoms with E-state index >= 15 is 4.79 Å². The smallest absolute Gasteiger partial charge is 0.338 e. The minimum absolute atomic E-state index is 0.0115. The van der Waals surface area contributed by atoms with Gasteiger partial charge in [0.25, 0.3) is 0 Å². The monoisotopic (exact) mass is 833 g/mol. The van der Waals surface area contributed by atoms with Gasteiger partial charge in [-0.25, -0.2) is 9.59 Å². The van der Waals surface area contributed by atoms with Gasteiger partial charge in [0, 0.05) is 38.5 Å². The van der Waals surface area contributed by atoms with Crippen LogP contribution in [0.25, 0.3) is 0 Å². The molecule has 2 bridgehead atoms. The summed E-state index contributed by atoms with van der Waals surface area (Å²) in [5, 5.41) is 40.1. The largest absolute Gasteiger partial charge is 0.456 e. The van der Waals surface area contributed by atoms with Crippen molar-refractivity contribution in [3.8, 4) is 0 Å². The lowest BCUT2D eigenvalue weighted by atomic mass is 9.44. The fourth-order valence-corrected chi connectivity index (χ4v) is 9.95. The Labute approximate surface area is 348 Å². The molecule has 1 aliphatic heterocycles. The molecule has 0 spiro atoms. The molecule has 1 heterocycles. The number of amides is 1. The summed E-state index contributed by atoms with van der Waals surface area (Å²) in [4.78, 5) is 82.7. The van der Waals surface area contributed by atoms with Crippen LogP contribution in [0.1, 0.15) is 103 Å². The number of carbonyl (C=O) groups is 6. The Morgan fingerprint density at radius 2 is 1.57 bits per heavy atom. The third-order valence-corrected chi connectivity index (χ3v) is 13.2. The van der Waals surface area contributed by atoms with Crippen LogP contribution in [0.3, 0.4) is 0 Å². The minimum atomic E-state index is -2.37. The first-order valence-corrected chi connectivity index (χ1v) is 20.4. The van der Waals surface area contributed by atoms with E-state index in [9.17, 15) is 39.3 Å². The maximum Gasteiger partial charge on any atom is 0.338 e. The predicted molar refractivity (Wildman–Crippen MR) is 211 cm³/mol. The number of ether oxygens (including phenoxy) is 5. The number of unbranched alkanes of at least 4 members (excludes halogenated alkanes) is 1. The second kappa shape index (κ2) is 16.8. The van der Waals surface area contributed by atoms with E-state index in [-0.39, 0.29) is 36.2 Å². The fraction of sp³-hybridized carbons (Fsp3) is 0.556. The van der Waals surface area contributed by atoms with E-state index in [2.05, 4.69) is 5.32 Å². The maximum absolute atomic E-state index is 15.4. The zero-order chi connectivity index (χ0) is 43.9. The van der Waals surface area contributed by atoms with Gasteiger partial charge in [-0.2, -0.15) is 0 Å². The van der Waals surface area contributed by atoms with Crippen molar-refractivity contribution in [1.82, 2.24) is 5.32 Å². The van der Waals surface area contributed by atoms with Crippen molar-refractivity contribution in [3.63, 3.8) is 0 Å². The van der Waals surface area contributed by atoms with Crippen molar-refractivity contribution in [2.45, 2.75) is 134 Å². The van der Waals surface area contributed by atoms with Gasteiger partial charge < -0.3 is 44.3 Å². The number of ketones is 1. The summed E-state index contributed by atoms with van der Waals surface area (Å²) in [5.41, 5.74) is -7.13. The van der Waals surface area contributed by atoms with Gasteiger partial charge in [-0.05, 0) is 49.1 Å². The Morgan fingerprint density at radius 3 is 2.13 bits per heavy atom. The molecule has 6 rings (SSSR count). The van der Waals surface area contributed by atoms with Crippen LogP contribution >= 0.6 is 0 Å². The highest BCUT2D eigenvalue weighted by atomic mass is 16.6. The maximum atomic E-state index is 15.4. The van der Waals surface area contributed by atoms with Crippen LogP contribution in [-0.2, 0) is 47.7 Å². The Balaban J connectivity index is 1.54. The van der Waals surface area contributed by atoms with Gasteiger partial charge in [-0.15, -0.1) is 0 Å². The second-order valence-corrected chi connectivity index (χ2v) is 17.2. The molecule has 0 aromatic heterocycles. The lowest BCUT2D eigenvalue weighted by molar-refractivity contribution is -0.346. The first-order valence-electron chi connectivity index (χ1n) is 20.4. The average molecular weight is 834 g/mol. The van der Waals surface area contributed by atoms with Crippen LogP contribution in [0, 0.1) is 16.7 Å². The zero-order valence-corrected chi connectivity index (χ0v) is 35.0. The SMILES string of the molecule is CCCCC(=O)N[C@@H](c1ccccc1)[C@@H](O)C(=O)O[C@H]1C[C@@]2(O)[C@@H](OC(=O)c3ccccc3)[C@@H]3[C@]4(OC(C)=O)CO[C@@H]4C[C@H](O)[C@@]3(C)C(=O)[C@H](OC(C)=O)C(=C1C)C2(C)C. The van der Waals surface area contributed by atoms with Crippen molar-refractivity contribution >= 4 is 35.6 Å². The Morgan fingerprint density at radius 1 is 0.933 bits per heavy atom. The van der Waals surface area contributed by atoms with Crippen LogP contribution in [0.4, 0.5) is 0 Å². The second-order valence-electron chi connectivity index (χ2n) is 17.2. The van der Waals surface area contributed by atoms with Crippen molar-refractivity contribution in [1.29, 1.82) is 0 Å². The third kappa shape index (κ3) is 7.54. The number of aliphatic hydroxyl groups excluding tert-OH is 2. The molecule has 60 heavy (non-hydrogen) atoms. The quantitative estimate of drug-likeness (QED) is 0.136. The molecule has 15 heteroatoms. The van der Waals surface area contributed by atoms with Crippen molar-refractivity contribution in [2.75, 3.05) is 6.61 Å². The lowest BCUT2D eigenvalue weighted by Crippen LogP contribution is -2.82. The van der Waals surface area contributed by atoms with E-state index in [1.807, 2.05) is 6.92 Å². The number of hydrogen-bond donors (Lipinski definition) is 4. The van der Waals surface area contributed by atoms with E-state index < -0.39 is 113 Å². The topological polar surface area (TPSA) is 221 Å². The average Bonchev–Trinajstić information content (AvgIpc) is 3.20. The summed E-state index contributed by atoms with van der Waals surface area (Å²) in [7, 11) is 0. The first-order chi connectivity index (χ1) is 28.2. The molecule has 11 atom stereocenters. The summed E-state index contributed by atoms with van der Waals surface area (Å²) in [6.45, 7) is 9.94. The molecule has 2 saturated carbocycles. The predicted octanol–water partition coefficient (Wildman–Crippen LogP) is 3.61. The molecule has 0 radical (unpaired) electrons. The van der Waals surface area contributed by atoms with Crippen molar-refractivity contribution in [2.24, 2.45) is 16.7 Å². The standard InChI is InChI=1S/C45H55NO14/c1-8-9-20-32(50)46-34(27-16-12-10-13-17-27)35(51)41(54)58-29-22-45(55)39(59-40(53)28-18-14-11-15-19-28)37-43(7,30(49)21-31-44(37,23-56-31)60-26(4)48)38(52)36(57-25(3)47)33(24(29)2)42(45,5)6/h10-19,29-31,34-37,39,49,51,55H,8-9,20-23H2,1-7H3,(H,46,50)/t29-,30-,31+,34-,35+,36+,37-,39-,43+,44-,45+/m0/s1. The van der Waals surface area contributed by atoms with Gasteiger partial charge in [0.15, 0.2) is 23.6 Å². The Hall–Kier alpha value is -4.96. The summed E-state index contributed by atoms with van der Waals surface area (Å²) in [6, 6.07) is 15.0. The van der Waals surface area contributed by atoms with Crippen LogP contribution in [0.5, 0.6) is 0 Å². The number of benzene rings is 2. The zero-order valence-electron chi connectivity index (χ0n) is 35.0. The highest BCUT2D eigenvalue weighted by molar-refractivity contribution is 5.95. The number of nitrogens with one attached hydrogen (secondary N) is 1. The van der Waals surface area contributed by atoms with Crippen LogP contribution < -0.4 is 5.32 Å². The van der Waals surface area contributed by atoms with E-state index in [4.69, 9.17) is 23.7 Å². The molecule has 4 aliphatic rings. The van der Waals surface area contributed by atoms with Gasteiger partial charge in [0.2, 0.25) is 5.91 Å². The molecule has 2 aromatic carbocycles. The van der Waals surface area contributed by atoms with E-state index in [0.717, 1.165) is 20.3 Å². The number of rotatable bonds is 12. The van der Waals surface area contributed by atoms with E-state index in [1.54, 1.807) is 62.4 Å². The number of esters is 4. The molecular formula is C45H55NO14. The molecule has 0 unspecified atom stereocenters.